The van der Waals surface area contributed by atoms with E-state index in [-0.39, 0.29) is 11.8 Å². The first-order valence-electron chi connectivity index (χ1n) is 4.69. The largest absolute Gasteiger partial charge is 0.325 e. The van der Waals surface area contributed by atoms with Crippen LogP contribution in [0.2, 0.25) is 0 Å². The first-order chi connectivity index (χ1) is 7.36. The first-order valence-corrected chi connectivity index (χ1v) is 6.81. The summed E-state index contributed by atoms with van der Waals surface area (Å²) >= 11 is 12.5. The van der Waals surface area contributed by atoms with Crippen molar-refractivity contribution in [3.05, 3.63) is 27.1 Å². The van der Waals surface area contributed by atoms with Crippen molar-refractivity contribution in [2.24, 2.45) is 5.41 Å². The molecule has 88 valence electrons. The monoisotopic (exact) mass is 367 g/mol. The van der Waals surface area contributed by atoms with E-state index in [1.807, 2.05) is 32.0 Å². The molecule has 2 nitrogen and oxygen atoms in total. The molecule has 0 unspecified atom stereocenters. The molecule has 0 radical (unpaired) electrons. The second kappa shape index (κ2) is 5.52. The van der Waals surface area contributed by atoms with Crippen LogP contribution < -0.4 is 5.32 Å². The minimum Gasteiger partial charge on any atom is -0.325 e. The Balaban J connectivity index is 2.85. The lowest BCUT2D eigenvalue weighted by molar-refractivity contribution is -0.122. The summed E-state index contributed by atoms with van der Waals surface area (Å²) in [6.07, 6.45) is 0. The van der Waals surface area contributed by atoms with E-state index in [9.17, 15) is 4.79 Å². The van der Waals surface area contributed by atoms with Gasteiger partial charge in [0.25, 0.3) is 0 Å². The van der Waals surface area contributed by atoms with Crippen molar-refractivity contribution in [3.8, 4) is 0 Å². The Morgan fingerprint density at radius 3 is 2.56 bits per heavy atom. The van der Waals surface area contributed by atoms with Crippen LogP contribution in [0.1, 0.15) is 13.8 Å². The van der Waals surface area contributed by atoms with Crippen LogP contribution in [0.25, 0.3) is 0 Å². The Morgan fingerprint density at radius 1 is 1.44 bits per heavy atom. The fourth-order valence-electron chi connectivity index (χ4n) is 0.943. The molecule has 0 aromatic heterocycles. The number of carbonyl (C=O) groups excluding carboxylic acids is 1. The van der Waals surface area contributed by atoms with Crippen LogP contribution in [-0.2, 0) is 4.79 Å². The third kappa shape index (κ3) is 3.47. The standard InChI is InChI=1S/C11H12Br2ClNO/c1-11(2,6-14)10(16)15-9-4-3-7(12)5-8(9)13/h3-5H,6H2,1-2H3,(H,15,16). The number of nitrogens with one attached hydrogen (secondary N) is 1. The van der Waals surface area contributed by atoms with Gasteiger partial charge in [0.1, 0.15) is 0 Å². The van der Waals surface area contributed by atoms with Crippen molar-refractivity contribution in [3.63, 3.8) is 0 Å². The lowest BCUT2D eigenvalue weighted by Crippen LogP contribution is -2.32. The normalized spacial score (nSPS) is 11.3. The van der Waals surface area contributed by atoms with Crippen LogP contribution in [0.5, 0.6) is 0 Å². The SMILES string of the molecule is CC(C)(CCl)C(=O)Nc1ccc(Br)cc1Br. The Kier molecular flexibility index (Phi) is 4.83. The van der Waals surface area contributed by atoms with Crippen molar-refractivity contribution in [2.45, 2.75) is 13.8 Å². The fraction of sp³-hybridized carbons (Fsp3) is 0.364. The van der Waals surface area contributed by atoms with Crippen LogP contribution in [0.4, 0.5) is 5.69 Å². The van der Waals surface area contributed by atoms with Gasteiger partial charge in [0, 0.05) is 14.8 Å². The van der Waals surface area contributed by atoms with E-state index >= 15 is 0 Å². The van der Waals surface area contributed by atoms with E-state index in [0.29, 0.717) is 0 Å². The molecule has 5 heteroatoms. The van der Waals surface area contributed by atoms with Gasteiger partial charge in [0.05, 0.1) is 11.1 Å². The highest BCUT2D eigenvalue weighted by atomic mass is 79.9. The molecule has 0 aliphatic heterocycles. The number of benzene rings is 1. The highest BCUT2D eigenvalue weighted by molar-refractivity contribution is 9.11. The minimum atomic E-state index is -0.575. The van der Waals surface area contributed by atoms with Gasteiger partial charge in [-0.05, 0) is 48.0 Å². The maximum atomic E-state index is 11.9. The van der Waals surface area contributed by atoms with E-state index in [0.717, 1.165) is 14.6 Å². The van der Waals surface area contributed by atoms with Crippen LogP contribution in [0.15, 0.2) is 27.1 Å². The van der Waals surface area contributed by atoms with Crippen LogP contribution in [0, 0.1) is 5.41 Å². The summed E-state index contributed by atoms with van der Waals surface area (Å²) in [5, 5.41) is 2.84. The molecular formula is C11H12Br2ClNO. The third-order valence-electron chi connectivity index (χ3n) is 2.13. The first kappa shape index (κ1) is 14.0. The van der Waals surface area contributed by atoms with Gasteiger partial charge in [0.2, 0.25) is 5.91 Å². The summed E-state index contributed by atoms with van der Waals surface area (Å²) < 4.78 is 1.79. The summed E-state index contributed by atoms with van der Waals surface area (Å²) in [5.74, 6) is 0.193. The molecule has 1 aromatic rings. The number of alkyl halides is 1. The van der Waals surface area contributed by atoms with Gasteiger partial charge in [-0.15, -0.1) is 11.6 Å². The third-order valence-corrected chi connectivity index (χ3v) is 3.95. The summed E-state index contributed by atoms with van der Waals surface area (Å²) in [5.41, 5.74) is 0.167. The molecule has 1 amide bonds. The molecular weight excluding hydrogens is 357 g/mol. The number of anilines is 1. The van der Waals surface area contributed by atoms with E-state index in [1.165, 1.54) is 0 Å². The van der Waals surface area contributed by atoms with Crippen LogP contribution in [0.3, 0.4) is 0 Å². The molecule has 0 aliphatic carbocycles. The lowest BCUT2D eigenvalue weighted by Gasteiger charge is -2.20. The fourth-order valence-corrected chi connectivity index (χ4v) is 2.21. The predicted molar refractivity (Wildman–Crippen MR) is 75.0 cm³/mol. The average Bonchev–Trinajstić information content (AvgIpc) is 2.22. The summed E-state index contributed by atoms with van der Waals surface area (Å²) in [6.45, 7) is 3.62. The number of hydrogen-bond donors (Lipinski definition) is 1. The number of hydrogen-bond acceptors (Lipinski definition) is 1. The number of amides is 1. The average molecular weight is 369 g/mol. The predicted octanol–water partition coefficient (Wildman–Crippen LogP) is 4.42. The molecule has 16 heavy (non-hydrogen) atoms. The highest BCUT2D eigenvalue weighted by Gasteiger charge is 2.26. The van der Waals surface area contributed by atoms with Gasteiger partial charge in [-0.3, -0.25) is 4.79 Å². The van der Waals surface area contributed by atoms with E-state index < -0.39 is 5.41 Å². The van der Waals surface area contributed by atoms with E-state index in [1.54, 1.807) is 0 Å². The zero-order valence-corrected chi connectivity index (χ0v) is 12.9. The Morgan fingerprint density at radius 2 is 2.06 bits per heavy atom. The molecule has 0 spiro atoms. The van der Waals surface area contributed by atoms with Crippen molar-refractivity contribution >= 4 is 55.1 Å². The quantitative estimate of drug-likeness (QED) is 0.786. The van der Waals surface area contributed by atoms with Crippen molar-refractivity contribution in [1.82, 2.24) is 0 Å². The second-order valence-electron chi connectivity index (χ2n) is 4.10. The summed E-state index contributed by atoms with van der Waals surface area (Å²) in [6, 6.07) is 5.58. The van der Waals surface area contributed by atoms with E-state index in [4.69, 9.17) is 11.6 Å². The Labute approximate surface area is 117 Å². The highest BCUT2D eigenvalue weighted by Crippen LogP contribution is 2.28. The van der Waals surface area contributed by atoms with E-state index in [2.05, 4.69) is 37.2 Å². The topological polar surface area (TPSA) is 29.1 Å². The van der Waals surface area contributed by atoms with Crippen molar-refractivity contribution in [1.29, 1.82) is 0 Å². The van der Waals surface area contributed by atoms with Gasteiger partial charge >= 0.3 is 0 Å². The second-order valence-corrected chi connectivity index (χ2v) is 6.13. The van der Waals surface area contributed by atoms with Gasteiger partial charge in [-0.1, -0.05) is 15.9 Å². The minimum absolute atomic E-state index is 0.0921. The molecule has 0 aliphatic rings. The molecule has 1 N–H and O–H groups in total. The number of halogens is 3. The molecule has 0 atom stereocenters. The lowest BCUT2D eigenvalue weighted by atomic mass is 9.95. The number of carbonyl (C=O) groups is 1. The smallest absolute Gasteiger partial charge is 0.231 e. The molecule has 1 aromatic carbocycles. The van der Waals surface area contributed by atoms with Crippen molar-refractivity contribution < 1.29 is 4.79 Å². The van der Waals surface area contributed by atoms with Crippen LogP contribution in [-0.4, -0.2) is 11.8 Å². The molecule has 0 saturated heterocycles. The van der Waals surface area contributed by atoms with Gasteiger partial charge in [0.15, 0.2) is 0 Å². The maximum Gasteiger partial charge on any atom is 0.231 e. The molecule has 0 heterocycles. The summed E-state index contributed by atoms with van der Waals surface area (Å²) in [4.78, 5) is 11.9. The number of rotatable bonds is 3. The zero-order valence-electron chi connectivity index (χ0n) is 8.98. The van der Waals surface area contributed by atoms with Gasteiger partial charge < -0.3 is 5.32 Å². The van der Waals surface area contributed by atoms with Gasteiger partial charge in [-0.25, -0.2) is 0 Å². The molecule has 0 bridgehead atoms. The zero-order chi connectivity index (χ0) is 12.3. The Hall–Kier alpha value is -0.0600. The summed E-state index contributed by atoms with van der Waals surface area (Å²) in [7, 11) is 0. The molecule has 1 rings (SSSR count). The molecule has 0 fully saturated rings. The van der Waals surface area contributed by atoms with Crippen molar-refractivity contribution in [2.75, 3.05) is 11.2 Å². The Bertz CT molecular complexity index is 407. The molecule has 0 saturated carbocycles. The van der Waals surface area contributed by atoms with Crippen LogP contribution >= 0.6 is 43.5 Å². The van der Waals surface area contributed by atoms with Gasteiger partial charge in [-0.2, -0.15) is 0 Å². The maximum absolute atomic E-state index is 11.9.